The topological polar surface area (TPSA) is 45.4 Å². The Morgan fingerprint density at radius 1 is 1.27 bits per heavy atom. The van der Waals surface area contributed by atoms with Crippen molar-refractivity contribution in [2.75, 3.05) is 13.2 Å². The van der Waals surface area contributed by atoms with E-state index in [2.05, 4.69) is 5.32 Å². The normalized spacial score (nSPS) is 11.0. The van der Waals surface area contributed by atoms with Crippen LogP contribution in [0.3, 0.4) is 0 Å². The lowest BCUT2D eigenvalue weighted by atomic mass is 10.2. The van der Waals surface area contributed by atoms with Gasteiger partial charge in [0.05, 0.1) is 6.54 Å². The number of aliphatic hydroxyl groups is 1. The number of aliphatic hydroxyl groups excluding tert-OH is 1. The van der Waals surface area contributed by atoms with E-state index >= 15 is 0 Å². The van der Waals surface area contributed by atoms with Crippen LogP contribution in [0.15, 0.2) is 34.7 Å². The molecule has 0 fully saturated rings. The molecule has 0 bridgehead atoms. The fourth-order valence-electron chi connectivity index (χ4n) is 1.54. The van der Waals surface area contributed by atoms with Gasteiger partial charge < -0.3 is 14.8 Å². The fourth-order valence-corrected chi connectivity index (χ4v) is 1.54. The molecule has 0 spiro atoms. The van der Waals surface area contributed by atoms with Crippen molar-refractivity contribution in [3.8, 4) is 0 Å². The van der Waals surface area contributed by atoms with Crippen LogP contribution in [-0.4, -0.2) is 18.3 Å². The molecule has 0 aliphatic carbocycles. The Morgan fingerprint density at radius 2 is 2.13 bits per heavy atom. The van der Waals surface area contributed by atoms with E-state index in [-0.39, 0.29) is 6.61 Å². The summed E-state index contributed by atoms with van der Waals surface area (Å²) in [6, 6.07) is 10.0. The number of hydrogen-bond acceptors (Lipinski definition) is 3. The minimum absolute atomic E-state index is 0.229. The molecule has 0 radical (unpaired) electrons. The highest BCUT2D eigenvalue weighted by Gasteiger charge is 2.01. The van der Waals surface area contributed by atoms with Crippen molar-refractivity contribution < 1.29 is 9.52 Å². The van der Waals surface area contributed by atoms with E-state index in [0.29, 0.717) is 6.54 Å². The minimum Gasteiger partial charge on any atom is -0.460 e. The summed E-state index contributed by atoms with van der Waals surface area (Å²) in [5.41, 5.74) is 0.927. The lowest BCUT2D eigenvalue weighted by molar-refractivity contribution is 0.285. The van der Waals surface area contributed by atoms with Crippen LogP contribution in [0.2, 0.25) is 0 Å². The van der Waals surface area contributed by atoms with E-state index in [0.717, 1.165) is 29.7 Å². The Bertz CT molecular complexity index is 389. The van der Waals surface area contributed by atoms with Crippen molar-refractivity contribution in [2.45, 2.75) is 13.0 Å². The van der Waals surface area contributed by atoms with E-state index in [1.807, 2.05) is 30.3 Å². The summed E-state index contributed by atoms with van der Waals surface area (Å²) in [4.78, 5) is 0. The third kappa shape index (κ3) is 2.58. The molecule has 2 N–H and O–H groups in total. The van der Waals surface area contributed by atoms with Gasteiger partial charge in [-0.2, -0.15) is 0 Å². The number of para-hydroxylation sites is 1. The monoisotopic (exact) mass is 205 g/mol. The van der Waals surface area contributed by atoms with Crippen LogP contribution < -0.4 is 5.32 Å². The third-order valence-corrected chi connectivity index (χ3v) is 2.29. The number of rotatable bonds is 5. The van der Waals surface area contributed by atoms with Crippen LogP contribution in [0.1, 0.15) is 12.2 Å². The lowest BCUT2D eigenvalue weighted by Crippen LogP contribution is -2.15. The molecule has 15 heavy (non-hydrogen) atoms. The van der Waals surface area contributed by atoms with Gasteiger partial charge in [-0.25, -0.2) is 0 Å². The van der Waals surface area contributed by atoms with Gasteiger partial charge >= 0.3 is 0 Å². The quantitative estimate of drug-likeness (QED) is 0.733. The standard InChI is InChI=1S/C12H15NO2/c14-7-3-6-13-9-11-8-10-4-1-2-5-12(10)15-11/h1-2,4-5,8,13-14H,3,6-7,9H2. The Morgan fingerprint density at radius 3 is 2.93 bits per heavy atom. The summed E-state index contributed by atoms with van der Waals surface area (Å²) in [5, 5.41) is 13.0. The van der Waals surface area contributed by atoms with Gasteiger partial charge in [-0.1, -0.05) is 18.2 Å². The summed E-state index contributed by atoms with van der Waals surface area (Å²) in [6.45, 7) is 1.76. The van der Waals surface area contributed by atoms with E-state index in [4.69, 9.17) is 9.52 Å². The molecule has 3 heteroatoms. The number of nitrogens with one attached hydrogen (secondary N) is 1. The molecule has 2 rings (SSSR count). The molecular weight excluding hydrogens is 190 g/mol. The molecule has 2 aromatic rings. The molecule has 0 saturated heterocycles. The summed E-state index contributed by atoms with van der Waals surface area (Å²) >= 11 is 0. The summed E-state index contributed by atoms with van der Waals surface area (Å²) in [7, 11) is 0. The molecule has 0 unspecified atom stereocenters. The molecule has 0 amide bonds. The molecule has 0 atom stereocenters. The molecule has 0 aliphatic rings. The number of hydrogen-bond donors (Lipinski definition) is 2. The highest BCUT2D eigenvalue weighted by molar-refractivity contribution is 5.77. The second kappa shape index (κ2) is 4.96. The zero-order valence-corrected chi connectivity index (χ0v) is 8.57. The minimum atomic E-state index is 0.229. The van der Waals surface area contributed by atoms with Crippen molar-refractivity contribution in [3.05, 3.63) is 36.1 Å². The van der Waals surface area contributed by atoms with Crippen LogP contribution in [0, 0.1) is 0 Å². The van der Waals surface area contributed by atoms with Crippen molar-refractivity contribution in [1.29, 1.82) is 0 Å². The SMILES string of the molecule is OCCCNCc1cc2ccccc2o1. The van der Waals surface area contributed by atoms with Crippen molar-refractivity contribution in [1.82, 2.24) is 5.32 Å². The van der Waals surface area contributed by atoms with Gasteiger partial charge in [-0.05, 0) is 25.1 Å². The molecule has 3 nitrogen and oxygen atoms in total. The van der Waals surface area contributed by atoms with Crippen LogP contribution in [-0.2, 0) is 6.54 Å². The zero-order chi connectivity index (χ0) is 10.5. The van der Waals surface area contributed by atoms with Gasteiger partial charge in [-0.3, -0.25) is 0 Å². The Labute approximate surface area is 88.7 Å². The number of benzene rings is 1. The Hall–Kier alpha value is -1.32. The molecule has 1 aromatic heterocycles. The van der Waals surface area contributed by atoms with E-state index in [9.17, 15) is 0 Å². The summed E-state index contributed by atoms with van der Waals surface area (Å²) < 4.78 is 5.62. The Kier molecular flexibility index (Phi) is 3.37. The third-order valence-electron chi connectivity index (χ3n) is 2.29. The van der Waals surface area contributed by atoms with Crippen LogP contribution in [0.25, 0.3) is 11.0 Å². The van der Waals surface area contributed by atoms with Crippen molar-refractivity contribution in [3.63, 3.8) is 0 Å². The van der Waals surface area contributed by atoms with Crippen LogP contribution >= 0.6 is 0 Å². The van der Waals surface area contributed by atoms with Gasteiger partial charge in [0.2, 0.25) is 0 Å². The summed E-state index contributed by atoms with van der Waals surface area (Å²) in [6.07, 6.45) is 0.778. The smallest absolute Gasteiger partial charge is 0.134 e. The van der Waals surface area contributed by atoms with E-state index in [1.165, 1.54) is 0 Å². The first kappa shape index (κ1) is 10.2. The van der Waals surface area contributed by atoms with Crippen molar-refractivity contribution >= 4 is 11.0 Å². The fraction of sp³-hybridized carbons (Fsp3) is 0.333. The van der Waals surface area contributed by atoms with Gasteiger partial charge in [-0.15, -0.1) is 0 Å². The van der Waals surface area contributed by atoms with Gasteiger partial charge in [0.25, 0.3) is 0 Å². The molecule has 80 valence electrons. The van der Waals surface area contributed by atoms with Crippen molar-refractivity contribution in [2.24, 2.45) is 0 Å². The molecule has 0 saturated carbocycles. The largest absolute Gasteiger partial charge is 0.460 e. The molecule has 0 aliphatic heterocycles. The second-order valence-corrected chi connectivity index (χ2v) is 3.50. The summed E-state index contributed by atoms with van der Waals surface area (Å²) in [5.74, 6) is 0.939. The maximum atomic E-state index is 8.61. The average Bonchev–Trinajstić information content (AvgIpc) is 2.67. The highest BCUT2D eigenvalue weighted by atomic mass is 16.3. The Balaban J connectivity index is 1.97. The zero-order valence-electron chi connectivity index (χ0n) is 8.57. The van der Waals surface area contributed by atoms with E-state index in [1.54, 1.807) is 0 Å². The lowest BCUT2D eigenvalue weighted by Gasteiger charge is -1.99. The predicted octanol–water partition coefficient (Wildman–Crippen LogP) is 1.90. The average molecular weight is 205 g/mol. The highest BCUT2D eigenvalue weighted by Crippen LogP contribution is 2.18. The predicted molar refractivity (Wildman–Crippen MR) is 59.6 cm³/mol. The molecular formula is C12H15NO2. The van der Waals surface area contributed by atoms with E-state index < -0.39 is 0 Å². The maximum Gasteiger partial charge on any atom is 0.134 e. The number of furan rings is 1. The first-order valence-electron chi connectivity index (χ1n) is 5.19. The first-order chi connectivity index (χ1) is 7.40. The van der Waals surface area contributed by atoms with Crippen LogP contribution in [0.5, 0.6) is 0 Å². The number of fused-ring (bicyclic) bond motifs is 1. The molecule has 1 heterocycles. The maximum absolute atomic E-state index is 8.61. The second-order valence-electron chi connectivity index (χ2n) is 3.50. The van der Waals surface area contributed by atoms with Gasteiger partial charge in [0.1, 0.15) is 11.3 Å². The van der Waals surface area contributed by atoms with Crippen LogP contribution in [0.4, 0.5) is 0 Å². The molecule has 1 aromatic carbocycles. The van der Waals surface area contributed by atoms with Gasteiger partial charge in [0, 0.05) is 12.0 Å². The first-order valence-corrected chi connectivity index (χ1v) is 5.19. The van der Waals surface area contributed by atoms with Gasteiger partial charge in [0.15, 0.2) is 0 Å².